The molecule has 3 heterocycles. The molecule has 0 aliphatic heterocycles. The summed E-state index contributed by atoms with van der Waals surface area (Å²) in [6.07, 6.45) is 1.81. The lowest BCUT2D eigenvalue weighted by Gasteiger charge is -2.14. The van der Waals surface area contributed by atoms with Gasteiger partial charge in [-0.1, -0.05) is 42.5 Å². The van der Waals surface area contributed by atoms with E-state index < -0.39 is 0 Å². The Labute approximate surface area is 168 Å². The molecular formula is C26H19N3. The Morgan fingerprint density at radius 3 is 2.34 bits per heavy atom. The normalized spacial score (nSPS) is 11.8. The Morgan fingerprint density at radius 1 is 0.655 bits per heavy atom. The van der Waals surface area contributed by atoms with Crippen molar-refractivity contribution in [1.29, 1.82) is 0 Å². The number of rotatable bonds is 1. The van der Waals surface area contributed by atoms with Crippen molar-refractivity contribution in [2.75, 3.05) is 0 Å². The molecule has 3 aromatic heterocycles. The number of imidazole rings is 1. The van der Waals surface area contributed by atoms with E-state index in [9.17, 15) is 0 Å². The van der Waals surface area contributed by atoms with E-state index in [1.807, 2.05) is 6.07 Å². The Hall–Kier alpha value is -3.72. The Kier molecular flexibility index (Phi) is 3.30. The molecule has 0 aliphatic rings. The summed E-state index contributed by atoms with van der Waals surface area (Å²) in [6.45, 7) is 4.36. The van der Waals surface area contributed by atoms with E-state index >= 15 is 0 Å². The summed E-state index contributed by atoms with van der Waals surface area (Å²) in [6, 6.07) is 25.8. The molecule has 0 bridgehead atoms. The van der Waals surface area contributed by atoms with Crippen LogP contribution in [0.15, 0.2) is 79.0 Å². The molecule has 6 rings (SSSR count). The van der Waals surface area contributed by atoms with E-state index in [-0.39, 0.29) is 0 Å². The van der Waals surface area contributed by atoms with Crippen molar-refractivity contribution in [3.8, 4) is 11.1 Å². The second-order valence-corrected chi connectivity index (χ2v) is 7.66. The molecule has 0 saturated heterocycles. The zero-order chi connectivity index (χ0) is 19.5. The predicted octanol–water partition coefficient (Wildman–Crippen LogP) is 6.47. The summed E-state index contributed by atoms with van der Waals surface area (Å²) >= 11 is 0. The molecule has 29 heavy (non-hydrogen) atoms. The van der Waals surface area contributed by atoms with Crippen LogP contribution in [0.5, 0.6) is 0 Å². The zero-order valence-corrected chi connectivity index (χ0v) is 16.3. The van der Waals surface area contributed by atoms with Gasteiger partial charge in [-0.05, 0) is 71.8 Å². The van der Waals surface area contributed by atoms with Gasteiger partial charge in [0.1, 0.15) is 5.65 Å². The van der Waals surface area contributed by atoms with Crippen LogP contribution in [0.4, 0.5) is 0 Å². The topological polar surface area (TPSA) is 30.2 Å². The number of aryl methyl sites for hydroxylation is 2. The van der Waals surface area contributed by atoms with Crippen LogP contribution in [0, 0.1) is 13.8 Å². The molecule has 0 saturated carbocycles. The minimum Gasteiger partial charge on any atom is -0.290 e. The van der Waals surface area contributed by atoms with E-state index in [0.717, 1.165) is 27.7 Å². The highest BCUT2D eigenvalue weighted by atomic mass is 15.1. The Morgan fingerprint density at radius 2 is 1.45 bits per heavy atom. The molecule has 0 aliphatic carbocycles. The summed E-state index contributed by atoms with van der Waals surface area (Å²) in [5.74, 6) is 0. The van der Waals surface area contributed by atoms with Crippen LogP contribution in [-0.4, -0.2) is 14.4 Å². The molecule has 0 spiro atoms. The van der Waals surface area contributed by atoms with Crippen LogP contribution in [0.3, 0.4) is 0 Å². The number of benzene rings is 3. The highest BCUT2D eigenvalue weighted by Crippen LogP contribution is 2.37. The molecule has 0 N–H and O–H groups in total. The van der Waals surface area contributed by atoms with Gasteiger partial charge in [-0.2, -0.15) is 0 Å². The Balaban J connectivity index is 1.85. The molecule has 3 aromatic carbocycles. The van der Waals surface area contributed by atoms with Crippen LogP contribution < -0.4 is 0 Å². The number of para-hydroxylation sites is 1. The minimum absolute atomic E-state index is 0.783. The lowest BCUT2D eigenvalue weighted by Crippen LogP contribution is -1.94. The van der Waals surface area contributed by atoms with Crippen molar-refractivity contribution >= 4 is 38.5 Å². The molecule has 0 fully saturated rings. The monoisotopic (exact) mass is 373 g/mol. The standard InChI is InChI=1S/C26H19N3/c1-16-8-3-4-9-18(16)20-15-21-19-10-5-6-11-23(19)29-24-12-7-13-27-25(24)28-26(29)22(21)14-17(20)2/h3-15H,1-2H3. The number of nitrogens with zero attached hydrogens (tertiary/aromatic N) is 3. The van der Waals surface area contributed by atoms with Gasteiger partial charge in [0.25, 0.3) is 0 Å². The van der Waals surface area contributed by atoms with Crippen molar-refractivity contribution in [2.45, 2.75) is 13.8 Å². The minimum atomic E-state index is 0.783. The van der Waals surface area contributed by atoms with Crippen LogP contribution in [-0.2, 0) is 0 Å². The first-order chi connectivity index (χ1) is 14.2. The van der Waals surface area contributed by atoms with Crippen LogP contribution in [0.2, 0.25) is 0 Å². The smallest absolute Gasteiger partial charge is 0.178 e. The van der Waals surface area contributed by atoms with Gasteiger partial charge >= 0.3 is 0 Å². The SMILES string of the molecule is Cc1ccccc1-c1cc2c3ccccc3n3c4cccnc4nc3c2cc1C. The largest absolute Gasteiger partial charge is 0.290 e. The first kappa shape index (κ1) is 16.3. The average molecular weight is 373 g/mol. The molecule has 3 nitrogen and oxygen atoms in total. The van der Waals surface area contributed by atoms with Crippen LogP contribution >= 0.6 is 0 Å². The van der Waals surface area contributed by atoms with Crippen LogP contribution in [0.25, 0.3) is 49.6 Å². The molecular weight excluding hydrogens is 354 g/mol. The molecule has 0 atom stereocenters. The summed E-state index contributed by atoms with van der Waals surface area (Å²) in [7, 11) is 0. The predicted molar refractivity (Wildman–Crippen MR) is 120 cm³/mol. The lowest BCUT2D eigenvalue weighted by molar-refractivity contribution is 1.31. The molecule has 3 heteroatoms. The fourth-order valence-electron chi connectivity index (χ4n) is 4.52. The third kappa shape index (κ3) is 2.24. The van der Waals surface area contributed by atoms with Gasteiger partial charge in [-0.15, -0.1) is 0 Å². The van der Waals surface area contributed by atoms with Crippen molar-refractivity contribution < 1.29 is 0 Å². The number of hydrogen-bond donors (Lipinski definition) is 0. The quantitative estimate of drug-likeness (QED) is 0.309. The van der Waals surface area contributed by atoms with Gasteiger partial charge in [0, 0.05) is 17.0 Å². The summed E-state index contributed by atoms with van der Waals surface area (Å²) in [5, 5.41) is 3.62. The van der Waals surface area contributed by atoms with Gasteiger partial charge in [-0.25, -0.2) is 9.97 Å². The van der Waals surface area contributed by atoms with Gasteiger partial charge < -0.3 is 0 Å². The maximum Gasteiger partial charge on any atom is 0.178 e. The van der Waals surface area contributed by atoms with Gasteiger partial charge in [0.2, 0.25) is 0 Å². The summed E-state index contributed by atoms with van der Waals surface area (Å²) in [5.41, 5.74) is 9.05. The maximum atomic E-state index is 4.91. The maximum absolute atomic E-state index is 4.91. The number of aromatic nitrogens is 3. The Bertz CT molecular complexity index is 1570. The van der Waals surface area contributed by atoms with E-state index in [2.05, 4.69) is 90.0 Å². The van der Waals surface area contributed by atoms with E-state index in [4.69, 9.17) is 4.98 Å². The first-order valence-corrected chi connectivity index (χ1v) is 9.86. The van der Waals surface area contributed by atoms with Crippen molar-refractivity contribution in [3.63, 3.8) is 0 Å². The first-order valence-electron chi connectivity index (χ1n) is 9.86. The molecule has 138 valence electrons. The van der Waals surface area contributed by atoms with Crippen molar-refractivity contribution in [3.05, 3.63) is 90.1 Å². The molecule has 0 amide bonds. The summed E-state index contributed by atoms with van der Waals surface area (Å²) < 4.78 is 2.24. The zero-order valence-electron chi connectivity index (χ0n) is 16.3. The third-order valence-corrected chi connectivity index (χ3v) is 5.91. The van der Waals surface area contributed by atoms with E-state index in [1.165, 1.54) is 33.0 Å². The van der Waals surface area contributed by atoms with Crippen LogP contribution in [0.1, 0.15) is 11.1 Å². The fourth-order valence-corrected chi connectivity index (χ4v) is 4.52. The molecule has 6 aromatic rings. The molecule has 0 unspecified atom stereocenters. The number of hydrogen-bond acceptors (Lipinski definition) is 2. The average Bonchev–Trinajstić information content (AvgIpc) is 3.14. The third-order valence-electron chi connectivity index (χ3n) is 5.91. The van der Waals surface area contributed by atoms with Crippen molar-refractivity contribution in [2.24, 2.45) is 0 Å². The second kappa shape index (κ2) is 5.89. The number of fused-ring (bicyclic) bond motifs is 8. The highest BCUT2D eigenvalue weighted by Gasteiger charge is 2.16. The van der Waals surface area contributed by atoms with E-state index in [1.54, 1.807) is 6.20 Å². The van der Waals surface area contributed by atoms with Crippen molar-refractivity contribution in [1.82, 2.24) is 14.4 Å². The molecule has 0 radical (unpaired) electrons. The van der Waals surface area contributed by atoms with Gasteiger partial charge in [-0.3, -0.25) is 4.40 Å². The lowest BCUT2D eigenvalue weighted by atomic mass is 9.93. The second-order valence-electron chi connectivity index (χ2n) is 7.66. The fraction of sp³-hybridized carbons (Fsp3) is 0.0769. The number of pyridine rings is 2. The van der Waals surface area contributed by atoms with Gasteiger partial charge in [0.05, 0.1) is 11.0 Å². The van der Waals surface area contributed by atoms with E-state index in [0.29, 0.717) is 0 Å². The highest BCUT2D eigenvalue weighted by molar-refractivity contribution is 6.15. The van der Waals surface area contributed by atoms with Gasteiger partial charge in [0.15, 0.2) is 5.65 Å². The summed E-state index contributed by atoms with van der Waals surface area (Å²) in [4.78, 5) is 9.41.